The van der Waals surface area contributed by atoms with E-state index in [0.29, 0.717) is 40.3 Å². The molecule has 0 aliphatic heterocycles. The monoisotopic (exact) mass is 414 g/mol. The molecule has 0 saturated carbocycles. The van der Waals surface area contributed by atoms with Crippen molar-refractivity contribution in [3.05, 3.63) is 38.3 Å². The summed E-state index contributed by atoms with van der Waals surface area (Å²) in [5, 5.41) is 5.55. The van der Waals surface area contributed by atoms with Crippen molar-refractivity contribution in [3.63, 3.8) is 0 Å². The molecule has 4 rings (SSSR count). The Hall–Kier alpha value is -2.95. The Morgan fingerprint density at radius 2 is 1.90 bits per heavy atom. The number of hydrogen-bond acceptors (Lipinski definition) is 7. The van der Waals surface area contributed by atoms with Gasteiger partial charge in [-0.15, -0.1) is 5.10 Å². The van der Waals surface area contributed by atoms with Crippen LogP contribution < -0.4 is 11.2 Å². The van der Waals surface area contributed by atoms with Gasteiger partial charge >= 0.3 is 5.69 Å². The first-order valence-corrected chi connectivity index (χ1v) is 10.4. The molecule has 0 fully saturated rings. The number of fused-ring (bicyclic) bond motifs is 2. The molecule has 0 saturated heterocycles. The average molecular weight is 414 g/mol. The summed E-state index contributed by atoms with van der Waals surface area (Å²) in [4.78, 5) is 40.8. The second-order valence-electron chi connectivity index (χ2n) is 6.82. The van der Waals surface area contributed by atoms with Gasteiger partial charge in [-0.1, -0.05) is 13.3 Å². The van der Waals surface area contributed by atoms with E-state index in [9.17, 15) is 9.59 Å². The van der Waals surface area contributed by atoms with Crippen molar-refractivity contribution in [2.75, 3.05) is 0 Å². The number of H-pyrrole nitrogens is 1. The van der Waals surface area contributed by atoms with Gasteiger partial charge in [0.2, 0.25) is 5.16 Å². The van der Waals surface area contributed by atoms with Gasteiger partial charge in [0, 0.05) is 24.5 Å². The van der Waals surface area contributed by atoms with Crippen LogP contribution in [0.3, 0.4) is 0 Å². The minimum atomic E-state index is -0.436. The number of nitrogens with zero attached hydrogens (tertiary/aromatic N) is 7. The van der Waals surface area contributed by atoms with E-state index in [2.05, 4.69) is 25.0 Å². The highest BCUT2D eigenvalue weighted by molar-refractivity contribution is 7.99. The summed E-state index contributed by atoms with van der Waals surface area (Å²) in [6.45, 7) is 8.86. The third-order valence-corrected chi connectivity index (χ3v) is 5.53. The number of nitrogens with one attached hydrogen (secondary N) is 1. The van der Waals surface area contributed by atoms with Crippen molar-refractivity contribution in [1.29, 1.82) is 0 Å². The Morgan fingerprint density at radius 1 is 1.10 bits per heavy atom. The number of aromatic amines is 1. The molecule has 0 spiro atoms. The zero-order valence-corrected chi connectivity index (χ0v) is 17.6. The summed E-state index contributed by atoms with van der Waals surface area (Å²) in [5.41, 5.74) is 1.71. The number of rotatable bonds is 6. The standard InChI is InChI=1S/C18H22N8O2S/c1-5-7-8-25-13-12(14(27)21-17(25)28)24(6-2)18(20-13)29-16-22-15-19-10(3)9-11(4)26(15)23-16/h9H,5-8H2,1-4H3,(H,21,27,28). The molecule has 0 radical (unpaired) electrons. The number of imidazole rings is 1. The topological polar surface area (TPSA) is 116 Å². The van der Waals surface area contributed by atoms with Crippen LogP contribution in [0.2, 0.25) is 0 Å². The summed E-state index contributed by atoms with van der Waals surface area (Å²) in [6, 6.07) is 1.93. The van der Waals surface area contributed by atoms with Gasteiger partial charge in [-0.3, -0.25) is 14.3 Å². The summed E-state index contributed by atoms with van der Waals surface area (Å²) in [7, 11) is 0. The third-order valence-electron chi connectivity index (χ3n) is 4.68. The molecule has 4 aromatic rings. The molecule has 4 aromatic heterocycles. The Morgan fingerprint density at radius 3 is 2.62 bits per heavy atom. The van der Waals surface area contributed by atoms with Crippen molar-refractivity contribution in [3.8, 4) is 0 Å². The summed E-state index contributed by atoms with van der Waals surface area (Å²) < 4.78 is 5.00. The maximum Gasteiger partial charge on any atom is 0.330 e. The molecule has 11 heteroatoms. The van der Waals surface area contributed by atoms with Crippen molar-refractivity contribution in [2.24, 2.45) is 0 Å². The fourth-order valence-electron chi connectivity index (χ4n) is 3.32. The maximum absolute atomic E-state index is 12.5. The predicted octanol–water partition coefficient (Wildman–Crippen LogP) is 1.91. The van der Waals surface area contributed by atoms with E-state index in [-0.39, 0.29) is 0 Å². The van der Waals surface area contributed by atoms with E-state index in [1.54, 1.807) is 9.08 Å². The minimum Gasteiger partial charge on any atom is -0.313 e. The van der Waals surface area contributed by atoms with Crippen molar-refractivity contribution < 1.29 is 0 Å². The Balaban J connectivity index is 1.86. The van der Waals surface area contributed by atoms with Gasteiger partial charge in [0.05, 0.1) is 0 Å². The van der Waals surface area contributed by atoms with Crippen molar-refractivity contribution in [1.82, 2.24) is 38.7 Å². The lowest BCUT2D eigenvalue weighted by molar-refractivity contribution is 0.613. The molecule has 4 heterocycles. The molecule has 1 N–H and O–H groups in total. The molecule has 152 valence electrons. The molecule has 0 aliphatic rings. The van der Waals surface area contributed by atoms with Gasteiger partial charge < -0.3 is 4.57 Å². The van der Waals surface area contributed by atoms with Gasteiger partial charge in [0.25, 0.3) is 11.3 Å². The second-order valence-corrected chi connectivity index (χ2v) is 7.76. The fraction of sp³-hybridized carbons (Fsp3) is 0.444. The number of aromatic nitrogens is 8. The normalized spacial score (nSPS) is 11.7. The smallest absolute Gasteiger partial charge is 0.313 e. The van der Waals surface area contributed by atoms with Crippen LogP contribution in [0, 0.1) is 13.8 Å². The number of aryl methyl sites for hydroxylation is 4. The summed E-state index contributed by atoms with van der Waals surface area (Å²) >= 11 is 1.25. The third kappa shape index (κ3) is 3.35. The van der Waals surface area contributed by atoms with Crippen LogP contribution in [0.25, 0.3) is 16.9 Å². The Kier molecular flexibility index (Phi) is 4.99. The number of hydrogen-bond donors (Lipinski definition) is 1. The molecule has 0 unspecified atom stereocenters. The van der Waals surface area contributed by atoms with E-state index >= 15 is 0 Å². The lowest BCUT2D eigenvalue weighted by atomic mass is 10.3. The molecule has 0 bridgehead atoms. The van der Waals surface area contributed by atoms with Crippen molar-refractivity contribution >= 4 is 28.7 Å². The van der Waals surface area contributed by atoms with Crippen LogP contribution >= 0.6 is 11.8 Å². The molecule has 0 amide bonds. The first-order chi connectivity index (χ1) is 13.9. The van der Waals surface area contributed by atoms with Crippen LogP contribution in [-0.2, 0) is 13.1 Å². The molecule has 0 aliphatic carbocycles. The van der Waals surface area contributed by atoms with E-state index in [1.807, 2.05) is 33.8 Å². The van der Waals surface area contributed by atoms with Gasteiger partial charge in [-0.25, -0.2) is 19.3 Å². The Labute approximate surface area is 170 Å². The molecule has 29 heavy (non-hydrogen) atoms. The highest BCUT2D eigenvalue weighted by Gasteiger charge is 2.20. The predicted molar refractivity (Wildman–Crippen MR) is 110 cm³/mol. The molecule has 0 aromatic carbocycles. The fourth-order valence-corrected chi connectivity index (χ4v) is 4.20. The van der Waals surface area contributed by atoms with Crippen molar-refractivity contribution in [2.45, 2.75) is 63.9 Å². The average Bonchev–Trinajstić information content (AvgIpc) is 3.23. The molecule has 10 nitrogen and oxygen atoms in total. The quantitative estimate of drug-likeness (QED) is 0.512. The first kappa shape index (κ1) is 19.4. The second kappa shape index (κ2) is 7.47. The lowest BCUT2D eigenvalue weighted by Crippen LogP contribution is -2.31. The van der Waals surface area contributed by atoms with Gasteiger partial charge in [0.15, 0.2) is 16.3 Å². The SMILES string of the molecule is CCCCn1c(=O)[nH]c(=O)c2c1nc(Sc1nc3nc(C)cc(C)n3n1)n2CC. The Bertz CT molecular complexity index is 1330. The molecule has 0 atom stereocenters. The van der Waals surface area contributed by atoms with Gasteiger partial charge in [-0.2, -0.15) is 4.98 Å². The summed E-state index contributed by atoms with van der Waals surface area (Å²) in [5.74, 6) is 0.516. The highest BCUT2D eigenvalue weighted by atomic mass is 32.2. The van der Waals surface area contributed by atoms with Gasteiger partial charge in [-0.05, 0) is 45.0 Å². The van der Waals surface area contributed by atoms with Gasteiger partial charge in [0.1, 0.15) is 0 Å². The first-order valence-electron chi connectivity index (χ1n) is 9.55. The van der Waals surface area contributed by atoms with Crippen LogP contribution in [0.1, 0.15) is 38.1 Å². The van der Waals surface area contributed by atoms with Crippen LogP contribution in [0.4, 0.5) is 0 Å². The van der Waals surface area contributed by atoms with E-state index in [1.165, 1.54) is 16.3 Å². The van der Waals surface area contributed by atoms with Crippen LogP contribution in [-0.4, -0.2) is 38.7 Å². The maximum atomic E-state index is 12.5. The molecular weight excluding hydrogens is 392 g/mol. The van der Waals surface area contributed by atoms with Crippen LogP contribution in [0.5, 0.6) is 0 Å². The summed E-state index contributed by atoms with van der Waals surface area (Å²) in [6.07, 6.45) is 1.75. The zero-order valence-electron chi connectivity index (χ0n) is 16.8. The highest BCUT2D eigenvalue weighted by Crippen LogP contribution is 2.27. The molecular formula is C18H22N8O2S. The minimum absolute atomic E-state index is 0.389. The van der Waals surface area contributed by atoms with E-state index < -0.39 is 11.2 Å². The van der Waals surface area contributed by atoms with E-state index in [4.69, 9.17) is 0 Å². The largest absolute Gasteiger partial charge is 0.330 e. The van der Waals surface area contributed by atoms with E-state index in [0.717, 1.165) is 24.2 Å². The van der Waals surface area contributed by atoms with Crippen LogP contribution in [0.15, 0.2) is 26.0 Å². The number of unbranched alkanes of at least 4 members (excludes halogenated alkanes) is 1. The lowest BCUT2D eigenvalue weighted by Gasteiger charge is -2.05. The zero-order chi connectivity index (χ0) is 20.7.